The largest absolute Gasteiger partial charge is 0.391 e. The molecule has 2 aliphatic heterocycles. The molecular formula is C23H31Cl2FN2O. The van der Waals surface area contributed by atoms with Gasteiger partial charge in [0.15, 0.2) is 0 Å². The van der Waals surface area contributed by atoms with Gasteiger partial charge in [-0.3, -0.25) is 9.80 Å². The van der Waals surface area contributed by atoms with Crippen LogP contribution < -0.4 is 0 Å². The Balaban J connectivity index is 0.00000150. The fraction of sp³-hybridized carbons (Fsp3) is 0.478. The molecule has 0 radical (unpaired) electrons. The van der Waals surface area contributed by atoms with Crippen LogP contribution in [0, 0.1) is 5.82 Å². The number of aliphatic hydroxyl groups excluding tert-OH is 1. The molecule has 29 heavy (non-hydrogen) atoms. The van der Waals surface area contributed by atoms with Crippen molar-refractivity contribution < 1.29 is 9.50 Å². The predicted molar refractivity (Wildman–Crippen MR) is 121 cm³/mol. The SMILES string of the molecule is Cl.Cl.O[C@@H]1CCN(Cc2ccc(F)cc2)C[C@H]1N1CCC(c2ccccc2)CC1. The maximum absolute atomic E-state index is 13.1. The lowest BCUT2D eigenvalue weighted by Gasteiger charge is -2.45. The van der Waals surface area contributed by atoms with Crippen LogP contribution in [-0.4, -0.2) is 53.2 Å². The third-order valence-corrected chi connectivity index (χ3v) is 6.22. The highest BCUT2D eigenvalue weighted by Crippen LogP contribution is 2.30. The van der Waals surface area contributed by atoms with E-state index < -0.39 is 0 Å². The minimum Gasteiger partial charge on any atom is -0.391 e. The minimum atomic E-state index is -0.247. The molecule has 2 fully saturated rings. The topological polar surface area (TPSA) is 26.7 Å². The van der Waals surface area contributed by atoms with E-state index in [1.807, 2.05) is 12.1 Å². The van der Waals surface area contributed by atoms with Crippen LogP contribution in [0.3, 0.4) is 0 Å². The molecule has 0 spiro atoms. The summed E-state index contributed by atoms with van der Waals surface area (Å²) in [5, 5.41) is 10.6. The number of piperidine rings is 2. The summed E-state index contributed by atoms with van der Waals surface area (Å²) in [7, 11) is 0. The number of hydrogen-bond donors (Lipinski definition) is 1. The molecule has 2 aliphatic rings. The Bertz CT molecular complexity index is 723. The lowest BCUT2D eigenvalue weighted by atomic mass is 9.88. The summed E-state index contributed by atoms with van der Waals surface area (Å²) in [5.41, 5.74) is 2.58. The second-order valence-electron chi connectivity index (χ2n) is 8.01. The molecule has 0 aromatic heterocycles. The first kappa shape index (κ1) is 24.1. The van der Waals surface area contributed by atoms with Gasteiger partial charge in [-0.2, -0.15) is 0 Å². The van der Waals surface area contributed by atoms with Crippen molar-refractivity contribution in [3.8, 4) is 0 Å². The fourth-order valence-corrected chi connectivity index (χ4v) is 4.62. The number of halogens is 3. The minimum absolute atomic E-state index is 0. The molecule has 0 aliphatic carbocycles. The van der Waals surface area contributed by atoms with Gasteiger partial charge >= 0.3 is 0 Å². The Labute approximate surface area is 185 Å². The van der Waals surface area contributed by atoms with Gasteiger partial charge in [-0.05, 0) is 61.5 Å². The van der Waals surface area contributed by atoms with Crippen molar-refractivity contribution in [2.24, 2.45) is 0 Å². The van der Waals surface area contributed by atoms with Crippen molar-refractivity contribution >= 4 is 24.8 Å². The van der Waals surface area contributed by atoms with E-state index in [2.05, 4.69) is 40.1 Å². The molecule has 0 amide bonds. The van der Waals surface area contributed by atoms with Gasteiger partial charge in [0.25, 0.3) is 0 Å². The summed E-state index contributed by atoms with van der Waals surface area (Å²) in [5.74, 6) is 0.450. The molecule has 2 aromatic carbocycles. The summed E-state index contributed by atoms with van der Waals surface area (Å²) in [6.45, 7) is 4.70. The van der Waals surface area contributed by atoms with Crippen molar-refractivity contribution in [1.82, 2.24) is 9.80 Å². The van der Waals surface area contributed by atoms with Gasteiger partial charge in [-0.15, -0.1) is 24.8 Å². The standard InChI is InChI=1S/C23H29FN2O.2ClH/c24-21-8-6-18(7-9-21)16-25-13-12-23(27)22(17-25)26-14-10-20(11-15-26)19-4-2-1-3-5-19;;/h1-9,20,22-23,27H,10-17H2;2*1H/t22-,23-;;/m1../s1. The van der Waals surface area contributed by atoms with Gasteiger partial charge in [-0.25, -0.2) is 4.39 Å². The molecule has 160 valence electrons. The van der Waals surface area contributed by atoms with E-state index in [1.54, 1.807) is 0 Å². The highest BCUT2D eigenvalue weighted by Gasteiger charge is 2.34. The maximum Gasteiger partial charge on any atom is 0.123 e. The van der Waals surface area contributed by atoms with E-state index in [1.165, 1.54) is 17.7 Å². The lowest BCUT2D eigenvalue weighted by Crippen LogP contribution is -2.56. The van der Waals surface area contributed by atoms with Gasteiger partial charge in [0.2, 0.25) is 0 Å². The quantitative estimate of drug-likeness (QED) is 0.758. The van der Waals surface area contributed by atoms with E-state index in [0.29, 0.717) is 5.92 Å². The average Bonchev–Trinajstić information content (AvgIpc) is 2.72. The molecule has 2 aromatic rings. The van der Waals surface area contributed by atoms with Crippen molar-refractivity contribution in [2.75, 3.05) is 26.2 Å². The van der Waals surface area contributed by atoms with E-state index in [9.17, 15) is 9.50 Å². The van der Waals surface area contributed by atoms with Crippen LogP contribution in [0.15, 0.2) is 54.6 Å². The predicted octanol–water partition coefficient (Wildman–Crippen LogP) is 4.48. The Morgan fingerprint density at radius 1 is 0.862 bits per heavy atom. The molecule has 2 heterocycles. The third kappa shape index (κ3) is 6.16. The first-order valence-electron chi connectivity index (χ1n) is 10.1. The molecular weight excluding hydrogens is 410 g/mol. The Morgan fingerprint density at radius 3 is 2.17 bits per heavy atom. The van der Waals surface area contributed by atoms with E-state index in [0.717, 1.165) is 57.5 Å². The van der Waals surface area contributed by atoms with Crippen molar-refractivity contribution in [3.63, 3.8) is 0 Å². The zero-order valence-electron chi connectivity index (χ0n) is 16.6. The third-order valence-electron chi connectivity index (χ3n) is 6.22. The van der Waals surface area contributed by atoms with E-state index in [-0.39, 0.29) is 42.8 Å². The van der Waals surface area contributed by atoms with Crippen LogP contribution in [0.25, 0.3) is 0 Å². The number of hydrogen-bond acceptors (Lipinski definition) is 3. The molecule has 0 bridgehead atoms. The second kappa shape index (κ2) is 11.3. The summed E-state index contributed by atoms with van der Waals surface area (Å²) >= 11 is 0. The van der Waals surface area contributed by atoms with E-state index in [4.69, 9.17) is 0 Å². The van der Waals surface area contributed by atoms with Crippen molar-refractivity contribution in [3.05, 3.63) is 71.5 Å². The Hall–Kier alpha value is -1.17. The molecule has 0 unspecified atom stereocenters. The molecule has 4 rings (SSSR count). The molecule has 2 saturated heterocycles. The smallest absolute Gasteiger partial charge is 0.123 e. The van der Waals surface area contributed by atoms with Crippen LogP contribution >= 0.6 is 24.8 Å². The monoisotopic (exact) mass is 440 g/mol. The average molecular weight is 441 g/mol. The van der Waals surface area contributed by atoms with Gasteiger partial charge in [0.1, 0.15) is 5.82 Å². The van der Waals surface area contributed by atoms with Crippen LogP contribution in [-0.2, 0) is 6.54 Å². The first-order valence-corrected chi connectivity index (χ1v) is 10.1. The van der Waals surface area contributed by atoms with Gasteiger partial charge in [0.05, 0.1) is 6.10 Å². The van der Waals surface area contributed by atoms with Gasteiger partial charge < -0.3 is 5.11 Å². The second-order valence-corrected chi connectivity index (χ2v) is 8.01. The van der Waals surface area contributed by atoms with Crippen LogP contribution in [0.2, 0.25) is 0 Å². The number of benzene rings is 2. The summed E-state index contributed by atoms with van der Waals surface area (Å²) < 4.78 is 13.1. The molecule has 6 heteroatoms. The summed E-state index contributed by atoms with van der Waals surface area (Å²) in [6, 6.07) is 17.8. The fourth-order valence-electron chi connectivity index (χ4n) is 4.62. The first-order chi connectivity index (χ1) is 13.2. The molecule has 2 atom stereocenters. The highest BCUT2D eigenvalue weighted by molar-refractivity contribution is 5.85. The lowest BCUT2D eigenvalue weighted by molar-refractivity contribution is -0.0222. The van der Waals surface area contributed by atoms with Crippen LogP contribution in [0.4, 0.5) is 4.39 Å². The van der Waals surface area contributed by atoms with E-state index >= 15 is 0 Å². The zero-order chi connectivity index (χ0) is 18.6. The van der Waals surface area contributed by atoms with Crippen LogP contribution in [0.1, 0.15) is 36.3 Å². The summed E-state index contributed by atoms with van der Waals surface area (Å²) in [6.07, 6.45) is 2.88. The number of nitrogens with zero attached hydrogens (tertiary/aromatic N) is 2. The molecule has 3 nitrogen and oxygen atoms in total. The van der Waals surface area contributed by atoms with Crippen molar-refractivity contribution in [2.45, 2.75) is 43.9 Å². The Morgan fingerprint density at radius 2 is 1.52 bits per heavy atom. The number of aliphatic hydroxyl groups is 1. The zero-order valence-corrected chi connectivity index (χ0v) is 18.3. The van der Waals surface area contributed by atoms with Gasteiger partial charge in [0, 0.05) is 25.7 Å². The normalized spacial score (nSPS) is 23.8. The molecule has 1 N–H and O–H groups in total. The summed E-state index contributed by atoms with van der Waals surface area (Å²) in [4.78, 5) is 4.88. The molecule has 0 saturated carbocycles. The Kier molecular flexibility index (Phi) is 9.38. The maximum atomic E-state index is 13.1. The van der Waals surface area contributed by atoms with Gasteiger partial charge in [-0.1, -0.05) is 42.5 Å². The highest BCUT2D eigenvalue weighted by atomic mass is 35.5. The van der Waals surface area contributed by atoms with Crippen molar-refractivity contribution in [1.29, 1.82) is 0 Å². The van der Waals surface area contributed by atoms with Crippen LogP contribution in [0.5, 0.6) is 0 Å². The number of likely N-dealkylation sites (tertiary alicyclic amines) is 2. The number of rotatable bonds is 4.